The number of methoxy groups -OCH3 is 2. The highest BCUT2D eigenvalue weighted by atomic mass is 16.5. The van der Waals surface area contributed by atoms with Crippen molar-refractivity contribution in [2.75, 3.05) is 72.0 Å². The van der Waals surface area contributed by atoms with Gasteiger partial charge in [-0.3, -0.25) is 24.2 Å². The highest BCUT2D eigenvalue weighted by Gasteiger charge is 2.78. The van der Waals surface area contributed by atoms with Gasteiger partial charge in [-0.1, -0.05) is 44.2 Å². The van der Waals surface area contributed by atoms with Gasteiger partial charge in [0.15, 0.2) is 5.60 Å². The summed E-state index contributed by atoms with van der Waals surface area (Å²) < 4.78 is 17.6. The van der Waals surface area contributed by atoms with Gasteiger partial charge in [-0.2, -0.15) is 0 Å². The summed E-state index contributed by atoms with van der Waals surface area (Å²) in [5.41, 5.74) is 3.88. The van der Waals surface area contributed by atoms with Crippen molar-refractivity contribution in [2.45, 2.75) is 112 Å². The maximum absolute atomic E-state index is 15.4. The summed E-state index contributed by atoms with van der Waals surface area (Å²) in [5, 5.41) is 42.1. The van der Waals surface area contributed by atoms with Crippen molar-refractivity contribution in [3.63, 3.8) is 0 Å². The predicted octanol–water partition coefficient (Wildman–Crippen LogP) is 2.64. The highest BCUT2D eigenvalue weighted by molar-refractivity contribution is 5.95. The largest absolute Gasteiger partial charge is 0.496 e. The Balaban J connectivity index is 1.25. The lowest BCUT2D eigenvalue weighted by Gasteiger charge is -2.63. The molecule has 1 aromatic heterocycles. The van der Waals surface area contributed by atoms with Gasteiger partial charge in [-0.25, -0.2) is 0 Å². The molecule has 6 aliphatic rings. The van der Waals surface area contributed by atoms with Crippen LogP contribution in [0, 0.1) is 11.3 Å². The van der Waals surface area contributed by atoms with Gasteiger partial charge in [0, 0.05) is 90.6 Å². The number of nitrogens with zero attached hydrogens (tertiary/aromatic N) is 3. The Morgan fingerprint density at radius 1 is 1.05 bits per heavy atom. The number of esters is 2. The lowest BCUT2D eigenvalue weighted by atomic mass is 9.47. The zero-order valence-corrected chi connectivity index (χ0v) is 38.1. The molecule has 1 spiro atoms. The minimum atomic E-state index is -2.33. The van der Waals surface area contributed by atoms with Crippen molar-refractivity contribution >= 4 is 34.4 Å². The summed E-state index contributed by atoms with van der Waals surface area (Å²) in [6, 6.07) is 10.1. The molecule has 1 amide bonds. The zero-order chi connectivity index (χ0) is 45.6. The van der Waals surface area contributed by atoms with E-state index in [-0.39, 0.29) is 31.5 Å². The van der Waals surface area contributed by atoms with Crippen LogP contribution in [0.25, 0.3) is 10.9 Å². The molecule has 2 bridgehead atoms. The molecule has 0 radical (unpaired) electrons. The third-order valence-electron chi connectivity index (χ3n) is 16.4. The normalized spacial score (nSPS) is 35.5. The number of H-pyrrole nitrogens is 1. The van der Waals surface area contributed by atoms with Gasteiger partial charge in [0.2, 0.25) is 0 Å². The van der Waals surface area contributed by atoms with Crippen LogP contribution in [-0.4, -0.2) is 151 Å². The molecule has 1 aliphatic carbocycles. The number of likely N-dealkylation sites (N-methyl/N-ethyl adjacent to an activating group) is 1. The van der Waals surface area contributed by atoms with Gasteiger partial charge < -0.3 is 50.5 Å². The molecule has 3 aromatic rings. The second-order valence-electron chi connectivity index (χ2n) is 19.7. The minimum absolute atomic E-state index is 0.0260. The molecule has 5 aliphatic heterocycles. The summed E-state index contributed by atoms with van der Waals surface area (Å²) in [7, 11) is 4.89. The average molecular weight is 883 g/mol. The molecule has 6 heterocycles. The summed E-state index contributed by atoms with van der Waals surface area (Å²) >= 11 is 0. The number of aliphatic hydroxyl groups is 3. The highest BCUT2D eigenvalue weighted by Crippen LogP contribution is 2.67. The number of aromatic amines is 1. The number of rotatable bonds is 11. The van der Waals surface area contributed by atoms with Crippen LogP contribution < -0.4 is 20.7 Å². The number of nitrogens with one attached hydrogen (secondary N) is 2. The van der Waals surface area contributed by atoms with Crippen molar-refractivity contribution in [2.24, 2.45) is 17.1 Å². The van der Waals surface area contributed by atoms with Crippen molar-refractivity contribution in [1.29, 1.82) is 0 Å². The molecule has 15 heteroatoms. The van der Waals surface area contributed by atoms with Crippen LogP contribution in [0.15, 0.2) is 48.6 Å². The van der Waals surface area contributed by atoms with Crippen molar-refractivity contribution < 1.29 is 43.9 Å². The Labute approximate surface area is 375 Å². The number of fused-ring (bicyclic) bond motifs is 6. The maximum Gasteiger partial charge on any atom is 0.322 e. The van der Waals surface area contributed by atoms with E-state index in [1.54, 1.807) is 14.0 Å². The Morgan fingerprint density at radius 2 is 1.83 bits per heavy atom. The molecule has 2 saturated heterocycles. The Kier molecular flexibility index (Phi) is 11.3. The van der Waals surface area contributed by atoms with E-state index < -0.39 is 63.5 Å². The van der Waals surface area contributed by atoms with E-state index in [0.717, 1.165) is 33.4 Å². The van der Waals surface area contributed by atoms with Crippen LogP contribution in [-0.2, 0) is 41.1 Å². The zero-order valence-electron chi connectivity index (χ0n) is 38.1. The molecule has 64 heavy (non-hydrogen) atoms. The molecule has 346 valence electrons. The number of benzene rings is 2. The van der Waals surface area contributed by atoms with Gasteiger partial charge in [0.25, 0.3) is 5.91 Å². The first-order chi connectivity index (χ1) is 30.6. The fourth-order valence-corrected chi connectivity index (χ4v) is 13.8. The van der Waals surface area contributed by atoms with E-state index >= 15 is 4.79 Å². The number of carbonyl (C=O) groups is 3. The number of piperidine rings is 1. The number of hydrogen-bond acceptors (Lipinski definition) is 13. The number of ether oxygens (including phenoxy) is 3. The van der Waals surface area contributed by atoms with Crippen molar-refractivity contribution in [3.8, 4) is 5.75 Å². The second kappa shape index (κ2) is 16.1. The molecule has 9 rings (SSSR count). The second-order valence-corrected chi connectivity index (χ2v) is 19.7. The SMILES string of the molecule is CCC1(O)C[C@H]2C[N@](CCc3c([nH]c4ccccc34)[C@@](C(=O)OC)(c3cc4c(cc3OC)N(C)C3[C@]45CCN4CC=C[C@](CC)(C45)[C@@H](O)[C@]3(O)C(=O)NCCCOC(=O)[C@H](C)N)C2)C1. The number of anilines is 1. The van der Waals surface area contributed by atoms with Crippen molar-refractivity contribution in [1.82, 2.24) is 20.1 Å². The summed E-state index contributed by atoms with van der Waals surface area (Å²) in [4.78, 5) is 52.7. The van der Waals surface area contributed by atoms with Gasteiger partial charge in [-0.15, -0.1) is 0 Å². The van der Waals surface area contributed by atoms with E-state index in [1.807, 2.05) is 62.2 Å². The first kappa shape index (κ1) is 44.7. The molecule has 7 N–H and O–H groups in total. The van der Waals surface area contributed by atoms with E-state index in [4.69, 9.17) is 19.9 Å². The van der Waals surface area contributed by atoms with Crippen LogP contribution in [0.4, 0.5) is 5.69 Å². The summed E-state index contributed by atoms with van der Waals surface area (Å²) in [6.07, 6.45) is 5.87. The van der Waals surface area contributed by atoms with Crippen molar-refractivity contribution in [3.05, 3.63) is 70.9 Å². The number of hydrogen-bond donors (Lipinski definition) is 6. The van der Waals surface area contributed by atoms with E-state index in [0.29, 0.717) is 82.6 Å². The van der Waals surface area contributed by atoms with E-state index in [9.17, 15) is 24.9 Å². The molecule has 11 atom stereocenters. The van der Waals surface area contributed by atoms with E-state index in [1.165, 1.54) is 7.11 Å². The number of aromatic nitrogens is 1. The molecule has 1 saturated carbocycles. The molecular weight excluding hydrogens is 817 g/mol. The van der Waals surface area contributed by atoms with Crippen LogP contribution in [0.1, 0.15) is 81.7 Å². The third kappa shape index (κ3) is 6.24. The number of aliphatic hydroxyl groups excluding tert-OH is 1. The number of amides is 1. The lowest BCUT2D eigenvalue weighted by Crippen LogP contribution is -2.81. The third-order valence-corrected chi connectivity index (χ3v) is 16.4. The summed E-state index contributed by atoms with van der Waals surface area (Å²) in [6.45, 7) is 8.91. The van der Waals surface area contributed by atoms with Gasteiger partial charge >= 0.3 is 11.9 Å². The molecule has 3 unspecified atom stereocenters. The van der Waals surface area contributed by atoms with Crippen LogP contribution in [0.3, 0.4) is 0 Å². The quantitative estimate of drug-likeness (QED) is 0.0934. The molecule has 2 aromatic carbocycles. The van der Waals surface area contributed by atoms with Crippen LogP contribution in [0.5, 0.6) is 5.75 Å². The standard InChI is InChI=1S/C49H66N6O9/c1-7-45(60)25-30-26-48(44(59)63-6,38-32(15-20-54(27-30)28-45)31-13-9-10-14-35(31)52-38)34-23-33-36(24-37(34)62-5)53(4)41-47(33)17-21-55-19-11-16-46(8-2,40(47)55)42(57)49(41,61)43(58)51-18-12-22-64-39(56)29(3)50/h9-11,13-14,16,23-24,29-30,40-42,52,57,60-61H,7-8,12,15,17-22,25-28,50H2,1-6H3,(H,51,58)/t29-,30+,40?,41?,42+,45?,46+,47+,48-,49-/m0/s1. The topological polar surface area (TPSA) is 203 Å². The monoisotopic (exact) mass is 882 g/mol. The first-order valence-electron chi connectivity index (χ1n) is 23.2. The molecule has 15 nitrogen and oxygen atoms in total. The van der Waals surface area contributed by atoms with Crippen LogP contribution in [0.2, 0.25) is 0 Å². The molecular formula is C49H66N6O9. The smallest absolute Gasteiger partial charge is 0.322 e. The van der Waals surface area contributed by atoms with E-state index in [2.05, 4.69) is 32.2 Å². The van der Waals surface area contributed by atoms with Gasteiger partial charge in [-0.05, 0) is 87.6 Å². The maximum atomic E-state index is 15.4. The van der Waals surface area contributed by atoms with Gasteiger partial charge in [0.1, 0.15) is 23.3 Å². The number of carbonyl (C=O) groups excluding carboxylic acids is 3. The predicted molar refractivity (Wildman–Crippen MR) is 241 cm³/mol. The Morgan fingerprint density at radius 3 is 2.55 bits per heavy atom. The Hall–Kier alpha value is -4.51. The number of nitrogens with two attached hydrogens (primary N) is 1. The fraction of sp³-hybridized carbons (Fsp3) is 0.612. The number of para-hydroxylation sites is 1. The van der Waals surface area contributed by atoms with Crippen LogP contribution >= 0.6 is 0 Å². The van der Waals surface area contributed by atoms with Gasteiger partial charge in [0.05, 0.1) is 32.5 Å². The average Bonchev–Trinajstić information content (AvgIpc) is 3.95. The molecule has 3 fully saturated rings. The summed E-state index contributed by atoms with van der Waals surface area (Å²) in [5.74, 6) is -1.37. The first-order valence-corrected chi connectivity index (χ1v) is 23.2. The Bertz CT molecular complexity index is 2370. The minimum Gasteiger partial charge on any atom is -0.496 e. The fourth-order valence-electron chi connectivity index (χ4n) is 13.8. The lowest BCUT2D eigenvalue weighted by molar-refractivity contribution is -0.203.